The quantitative estimate of drug-likeness (QED) is 0.824. The van der Waals surface area contributed by atoms with E-state index in [2.05, 4.69) is 10.6 Å². The van der Waals surface area contributed by atoms with Gasteiger partial charge in [0.25, 0.3) is 11.8 Å². The molecule has 0 spiro atoms. The van der Waals surface area contributed by atoms with Crippen LogP contribution in [-0.2, 0) is 17.6 Å². The molecule has 0 radical (unpaired) electrons. The number of anilines is 1. The van der Waals surface area contributed by atoms with Gasteiger partial charge in [-0.3, -0.25) is 9.59 Å². The fourth-order valence-electron chi connectivity index (χ4n) is 3.68. The van der Waals surface area contributed by atoms with E-state index in [1.165, 1.54) is 23.3 Å². The standard InChI is InChI=1S/C21H24N2O3S/c24-20(22-13-15-7-5-11-26-15)16-8-2-3-9-17(16)23-21(25)19-12-14-6-1-4-10-18(14)27-19/h2-3,8-9,12,15H,1,4-7,10-11,13H2,(H,22,24)(H,23,25). The molecule has 6 heteroatoms. The topological polar surface area (TPSA) is 67.4 Å². The average Bonchev–Trinajstić information content (AvgIpc) is 3.36. The van der Waals surface area contributed by atoms with Gasteiger partial charge in [-0.05, 0) is 62.3 Å². The highest BCUT2D eigenvalue weighted by atomic mass is 32.1. The Balaban J connectivity index is 1.44. The summed E-state index contributed by atoms with van der Waals surface area (Å²) in [6.07, 6.45) is 6.62. The van der Waals surface area contributed by atoms with Gasteiger partial charge in [0.15, 0.2) is 0 Å². The van der Waals surface area contributed by atoms with Gasteiger partial charge in [-0.15, -0.1) is 11.3 Å². The minimum absolute atomic E-state index is 0.0909. The van der Waals surface area contributed by atoms with Crippen LogP contribution in [0.15, 0.2) is 30.3 Å². The van der Waals surface area contributed by atoms with E-state index in [0.29, 0.717) is 17.8 Å². The average molecular weight is 385 g/mol. The van der Waals surface area contributed by atoms with Gasteiger partial charge in [0, 0.05) is 18.0 Å². The van der Waals surface area contributed by atoms with Crippen molar-refractivity contribution in [2.45, 2.75) is 44.6 Å². The van der Waals surface area contributed by atoms with Crippen LogP contribution in [-0.4, -0.2) is 31.1 Å². The number of carbonyl (C=O) groups excluding carboxylic acids is 2. The summed E-state index contributed by atoms with van der Waals surface area (Å²) in [6.45, 7) is 1.26. The lowest BCUT2D eigenvalue weighted by Gasteiger charge is -2.13. The molecule has 2 aliphatic rings. The number of aryl methyl sites for hydroxylation is 2. The van der Waals surface area contributed by atoms with E-state index < -0.39 is 0 Å². The van der Waals surface area contributed by atoms with E-state index in [4.69, 9.17) is 4.74 Å². The third-order valence-electron chi connectivity index (χ3n) is 5.15. The van der Waals surface area contributed by atoms with Gasteiger partial charge in [0.05, 0.1) is 22.2 Å². The Labute approximate surface area is 163 Å². The van der Waals surface area contributed by atoms with Crippen LogP contribution in [0.25, 0.3) is 0 Å². The zero-order valence-corrected chi connectivity index (χ0v) is 16.1. The number of ether oxygens (including phenoxy) is 1. The number of thiophene rings is 1. The second-order valence-corrected chi connectivity index (χ2v) is 8.25. The van der Waals surface area contributed by atoms with Gasteiger partial charge >= 0.3 is 0 Å². The molecule has 1 aliphatic carbocycles. The van der Waals surface area contributed by atoms with Crippen LogP contribution in [0.4, 0.5) is 5.69 Å². The maximum Gasteiger partial charge on any atom is 0.265 e. The van der Waals surface area contributed by atoms with Crippen LogP contribution >= 0.6 is 11.3 Å². The minimum Gasteiger partial charge on any atom is -0.376 e. The molecule has 4 rings (SSSR count). The summed E-state index contributed by atoms with van der Waals surface area (Å²) in [5, 5.41) is 5.85. The highest BCUT2D eigenvalue weighted by Gasteiger charge is 2.20. The second kappa shape index (κ2) is 8.23. The summed E-state index contributed by atoms with van der Waals surface area (Å²) >= 11 is 1.57. The highest BCUT2D eigenvalue weighted by molar-refractivity contribution is 7.14. The number of nitrogens with one attached hydrogen (secondary N) is 2. The van der Waals surface area contributed by atoms with Gasteiger partial charge in [-0.25, -0.2) is 0 Å². The summed E-state index contributed by atoms with van der Waals surface area (Å²) in [4.78, 5) is 27.4. The number of hydrogen-bond donors (Lipinski definition) is 2. The predicted octanol–water partition coefficient (Wildman–Crippen LogP) is 3.79. The molecule has 0 bridgehead atoms. The number of benzene rings is 1. The number of carbonyl (C=O) groups is 2. The number of rotatable bonds is 5. The summed E-state index contributed by atoms with van der Waals surface area (Å²) in [6, 6.07) is 9.15. The van der Waals surface area contributed by atoms with Gasteiger partial charge in [0.2, 0.25) is 0 Å². The zero-order valence-electron chi connectivity index (χ0n) is 15.3. The number of fused-ring (bicyclic) bond motifs is 1. The van der Waals surface area contributed by atoms with Crippen LogP contribution in [0.2, 0.25) is 0 Å². The van der Waals surface area contributed by atoms with E-state index in [1.807, 2.05) is 12.1 Å². The molecule has 2 heterocycles. The largest absolute Gasteiger partial charge is 0.376 e. The monoisotopic (exact) mass is 384 g/mol. The Morgan fingerprint density at radius 3 is 2.78 bits per heavy atom. The SMILES string of the molecule is O=C(Nc1ccccc1C(=O)NCC1CCCO1)c1cc2c(s1)CCCC2. The Morgan fingerprint density at radius 1 is 1.11 bits per heavy atom. The molecule has 2 amide bonds. The second-order valence-electron chi connectivity index (χ2n) is 7.11. The van der Waals surface area contributed by atoms with Crippen molar-refractivity contribution in [3.8, 4) is 0 Å². The first-order chi connectivity index (χ1) is 13.2. The van der Waals surface area contributed by atoms with Crippen molar-refractivity contribution in [1.82, 2.24) is 5.32 Å². The first kappa shape index (κ1) is 18.2. The van der Waals surface area contributed by atoms with E-state index in [1.54, 1.807) is 29.5 Å². The molecule has 1 unspecified atom stereocenters. The predicted molar refractivity (Wildman–Crippen MR) is 107 cm³/mol. The first-order valence-electron chi connectivity index (χ1n) is 9.62. The third kappa shape index (κ3) is 4.22. The lowest BCUT2D eigenvalue weighted by atomic mass is 9.99. The highest BCUT2D eigenvalue weighted by Crippen LogP contribution is 2.30. The third-order valence-corrected chi connectivity index (χ3v) is 6.39. The maximum absolute atomic E-state index is 12.7. The van der Waals surface area contributed by atoms with Crippen molar-refractivity contribution >= 4 is 28.8 Å². The Morgan fingerprint density at radius 2 is 1.96 bits per heavy atom. The summed E-state index contributed by atoms with van der Waals surface area (Å²) in [7, 11) is 0. The molecule has 2 N–H and O–H groups in total. The smallest absolute Gasteiger partial charge is 0.265 e. The van der Waals surface area contributed by atoms with Crippen molar-refractivity contribution in [2.24, 2.45) is 0 Å². The van der Waals surface area contributed by atoms with E-state index >= 15 is 0 Å². The lowest BCUT2D eigenvalue weighted by Crippen LogP contribution is -2.32. The maximum atomic E-state index is 12.7. The molecule has 2 aromatic rings. The van der Waals surface area contributed by atoms with Crippen molar-refractivity contribution < 1.29 is 14.3 Å². The molecule has 142 valence electrons. The normalized spacial score (nSPS) is 18.7. The summed E-state index contributed by atoms with van der Waals surface area (Å²) < 4.78 is 5.55. The van der Waals surface area contributed by atoms with E-state index in [9.17, 15) is 9.59 Å². The van der Waals surface area contributed by atoms with Crippen LogP contribution in [0, 0.1) is 0 Å². The Kier molecular flexibility index (Phi) is 5.55. The Bertz CT molecular complexity index is 816. The molecule has 0 saturated carbocycles. The molecule has 27 heavy (non-hydrogen) atoms. The first-order valence-corrected chi connectivity index (χ1v) is 10.4. The van der Waals surface area contributed by atoms with Gasteiger partial charge in [0.1, 0.15) is 0 Å². The van der Waals surface area contributed by atoms with Crippen molar-refractivity contribution in [3.05, 3.63) is 51.2 Å². The molecule has 1 aromatic carbocycles. The fourth-order valence-corrected chi connectivity index (χ4v) is 4.83. The molecule has 1 atom stereocenters. The van der Waals surface area contributed by atoms with Gasteiger partial charge in [-0.2, -0.15) is 0 Å². The van der Waals surface area contributed by atoms with Crippen LogP contribution < -0.4 is 10.6 Å². The molecule has 1 aliphatic heterocycles. The number of hydrogen-bond acceptors (Lipinski definition) is 4. The number of amides is 2. The van der Waals surface area contributed by atoms with Crippen molar-refractivity contribution in [3.63, 3.8) is 0 Å². The molecule has 1 fully saturated rings. The lowest BCUT2D eigenvalue weighted by molar-refractivity contribution is 0.0858. The van der Waals surface area contributed by atoms with Crippen LogP contribution in [0.5, 0.6) is 0 Å². The van der Waals surface area contributed by atoms with Crippen LogP contribution in [0.3, 0.4) is 0 Å². The summed E-state index contributed by atoms with van der Waals surface area (Å²) in [5.41, 5.74) is 2.32. The molecular weight excluding hydrogens is 360 g/mol. The molecular formula is C21H24N2O3S. The van der Waals surface area contributed by atoms with Gasteiger partial charge < -0.3 is 15.4 Å². The minimum atomic E-state index is -0.188. The van der Waals surface area contributed by atoms with Gasteiger partial charge in [-0.1, -0.05) is 12.1 Å². The molecule has 5 nitrogen and oxygen atoms in total. The Hall–Kier alpha value is -2.18. The zero-order chi connectivity index (χ0) is 18.6. The van der Waals surface area contributed by atoms with E-state index in [-0.39, 0.29) is 17.9 Å². The molecule has 1 aromatic heterocycles. The summed E-state index contributed by atoms with van der Waals surface area (Å²) in [5.74, 6) is -0.333. The van der Waals surface area contributed by atoms with E-state index in [0.717, 1.165) is 37.2 Å². The van der Waals surface area contributed by atoms with Crippen LogP contribution in [0.1, 0.15) is 56.2 Å². The fraction of sp³-hybridized carbons (Fsp3) is 0.429. The molecule has 1 saturated heterocycles. The number of para-hydroxylation sites is 1. The van der Waals surface area contributed by atoms with Crippen molar-refractivity contribution in [1.29, 1.82) is 0 Å². The van der Waals surface area contributed by atoms with Crippen molar-refractivity contribution in [2.75, 3.05) is 18.5 Å².